The molecule has 1 aromatic carbocycles. The minimum absolute atomic E-state index is 0.0796. The van der Waals surface area contributed by atoms with Gasteiger partial charge in [0.2, 0.25) is 0 Å². The normalized spacial score (nSPS) is 12.5. The molecule has 0 amide bonds. The van der Waals surface area contributed by atoms with Crippen LogP contribution in [0.3, 0.4) is 0 Å². The van der Waals surface area contributed by atoms with Gasteiger partial charge in [-0.05, 0) is 25.5 Å². The Hall–Kier alpha value is -1.46. The first-order valence-corrected chi connectivity index (χ1v) is 4.77. The first-order valence-electron chi connectivity index (χ1n) is 4.77. The maximum Gasteiger partial charge on any atom is 0.274 e. The summed E-state index contributed by atoms with van der Waals surface area (Å²) in [6, 6.07) is 4.69. The van der Waals surface area contributed by atoms with Gasteiger partial charge in [0.25, 0.3) is 5.69 Å². The number of nitrogens with zero attached hydrogens (tertiary/aromatic N) is 1. The fraction of sp³-hybridized carbons (Fsp3) is 0.400. The van der Waals surface area contributed by atoms with E-state index >= 15 is 0 Å². The van der Waals surface area contributed by atoms with Crippen molar-refractivity contribution in [2.75, 3.05) is 6.54 Å². The molecule has 0 aliphatic heterocycles. The molecule has 1 aromatic rings. The predicted octanol–water partition coefficient (Wildman–Crippen LogP) is 1.25. The number of hydrogen-bond acceptors (Lipinski definition) is 4. The van der Waals surface area contributed by atoms with Crippen LogP contribution in [-0.4, -0.2) is 11.5 Å². The SMILES string of the molecule is Cc1ccc(C(N)CCN)c([N+](=O)[O-])c1. The Morgan fingerprint density at radius 2 is 2.20 bits per heavy atom. The van der Waals surface area contributed by atoms with Crippen molar-refractivity contribution in [1.82, 2.24) is 0 Å². The van der Waals surface area contributed by atoms with Crippen LogP contribution in [0.2, 0.25) is 0 Å². The summed E-state index contributed by atoms with van der Waals surface area (Å²) in [6.45, 7) is 2.23. The number of benzene rings is 1. The highest BCUT2D eigenvalue weighted by Crippen LogP contribution is 2.26. The molecule has 0 saturated heterocycles. The van der Waals surface area contributed by atoms with E-state index in [1.165, 1.54) is 6.07 Å². The van der Waals surface area contributed by atoms with Crippen LogP contribution < -0.4 is 11.5 Å². The average Bonchev–Trinajstić information content (AvgIpc) is 2.17. The fourth-order valence-electron chi connectivity index (χ4n) is 1.46. The average molecular weight is 209 g/mol. The molecule has 1 rings (SSSR count). The van der Waals surface area contributed by atoms with E-state index in [1.54, 1.807) is 6.07 Å². The molecule has 4 N–H and O–H groups in total. The molecule has 0 saturated carbocycles. The molecule has 1 atom stereocenters. The second kappa shape index (κ2) is 4.86. The Morgan fingerprint density at radius 1 is 1.53 bits per heavy atom. The molecule has 0 bridgehead atoms. The second-order valence-corrected chi connectivity index (χ2v) is 3.50. The molecule has 0 aliphatic carbocycles. The zero-order valence-electron chi connectivity index (χ0n) is 8.64. The van der Waals surface area contributed by atoms with Crippen LogP contribution >= 0.6 is 0 Å². The lowest BCUT2D eigenvalue weighted by molar-refractivity contribution is -0.385. The molecular weight excluding hydrogens is 194 g/mol. The van der Waals surface area contributed by atoms with E-state index in [0.29, 0.717) is 18.5 Å². The number of rotatable bonds is 4. The minimum atomic E-state index is -0.404. The maximum atomic E-state index is 10.8. The highest BCUT2D eigenvalue weighted by molar-refractivity contribution is 5.44. The van der Waals surface area contributed by atoms with E-state index in [-0.39, 0.29) is 11.7 Å². The number of hydrogen-bond donors (Lipinski definition) is 2. The molecule has 0 heterocycles. The van der Waals surface area contributed by atoms with Crippen molar-refractivity contribution in [1.29, 1.82) is 0 Å². The second-order valence-electron chi connectivity index (χ2n) is 3.50. The van der Waals surface area contributed by atoms with E-state index in [0.717, 1.165) is 5.56 Å². The third kappa shape index (κ3) is 2.74. The number of nitro benzene ring substituents is 1. The zero-order chi connectivity index (χ0) is 11.4. The quantitative estimate of drug-likeness (QED) is 0.576. The van der Waals surface area contributed by atoms with Crippen molar-refractivity contribution in [2.24, 2.45) is 11.5 Å². The summed E-state index contributed by atoms with van der Waals surface area (Å²) in [4.78, 5) is 10.4. The van der Waals surface area contributed by atoms with Gasteiger partial charge in [0.05, 0.1) is 4.92 Å². The van der Waals surface area contributed by atoms with E-state index in [2.05, 4.69) is 0 Å². The molecule has 5 nitrogen and oxygen atoms in total. The maximum absolute atomic E-state index is 10.8. The van der Waals surface area contributed by atoms with Crippen LogP contribution in [-0.2, 0) is 0 Å². The third-order valence-electron chi connectivity index (χ3n) is 2.26. The van der Waals surface area contributed by atoms with Crippen molar-refractivity contribution >= 4 is 5.69 Å². The van der Waals surface area contributed by atoms with Crippen LogP contribution in [0.15, 0.2) is 18.2 Å². The molecule has 0 aliphatic rings. The fourth-order valence-corrected chi connectivity index (χ4v) is 1.46. The Morgan fingerprint density at radius 3 is 2.73 bits per heavy atom. The number of aryl methyl sites for hydroxylation is 1. The van der Waals surface area contributed by atoms with Crippen molar-refractivity contribution in [2.45, 2.75) is 19.4 Å². The van der Waals surface area contributed by atoms with E-state index in [9.17, 15) is 10.1 Å². The van der Waals surface area contributed by atoms with Gasteiger partial charge in [0.15, 0.2) is 0 Å². The summed E-state index contributed by atoms with van der Waals surface area (Å²) in [5, 5.41) is 10.8. The molecule has 1 unspecified atom stereocenters. The lowest BCUT2D eigenvalue weighted by atomic mass is 10.0. The molecule has 82 valence electrons. The Balaban J connectivity index is 3.10. The van der Waals surface area contributed by atoms with E-state index in [1.807, 2.05) is 13.0 Å². The Kier molecular flexibility index (Phi) is 3.76. The summed E-state index contributed by atoms with van der Waals surface area (Å²) >= 11 is 0. The summed E-state index contributed by atoms with van der Waals surface area (Å²) in [5.41, 5.74) is 12.7. The van der Waals surface area contributed by atoms with Crippen LogP contribution in [0.25, 0.3) is 0 Å². The third-order valence-corrected chi connectivity index (χ3v) is 2.26. The van der Waals surface area contributed by atoms with Gasteiger partial charge in [-0.15, -0.1) is 0 Å². The van der Waals surface area contributed by atoms with Crippen LogP contribution in [0.5, 0.6) is 0 Å². The van der Waals surface area contributed by atoms with E-state index < -0.39 is 4.92 Å². The number of nitrogens with two attached hydrogens (primary N) is 2. The van der Waals surface area contributed by atoms with Crippen molar-refractivity contribution in [3.63, 3.8) is 0 Å². The molecule has 5 heteroatoms. The zero-order valence-corrected chi connectivity index (χ0v) is 8.64. The lowest BCUT2D eigenvalue weighted by Crippen LogP contribution is -2.16. The van der Waals surface area contributed by atoms with Crippen LogP contribution in [0, 0.1) is 17.0 Å². The van der Waals surface area contributed by atoms with E-state index in [4.69, 9.17) is 11.5 Å². The molecule has 0 fully saturated rings. The highest BCUT2D eigenvalue weighted by Gasteiger charge is 2.18. The van der Waals surface area contributed by atoms with Gasteiger partial charge in [-0.2, -0.15) is 0 Å². The topological polar surface area (TPSA) is 95.2 Å². The minimum Gasteiger partial charge on any atom is -0.330 e. The van der Waals surface area contributed by atoms with Gasteiger partial charge in [-0.3, -0.25) is 10.1 Å². The van der Waals surface area contributed by atoms with Crippen LogP contribution in [0.4, 0.5) is 5.69 Å². The predicted molar refractivity (Wildman–Crippen MR) is 58.4 cm³/mol. The van der Waals surface area contributed by atoms with Gasteiger partial charge < -0.3 is 11.5 Å². The van der Waals surface area contributed by atoms with Gasteiger partial charge in [-0.1, -0.05) is 12.1 Å². The summed E-state index contributed by atoms with van der Waals surface area (Å²) < 4.78 is 0. The molecule has 0 radical (unpaired) electrons. The first kappa shape index (κ1) is 11.6. The summed E-state index contributed by atoms with van der Waals surface area (Å²) in [7, 11) is 0. The largest absolute Gasteiger partial charge is 0.330 e. The molecule has 0 spiro atoms. The molecular formula is C10H15N3O2. The number of nitro groups is 1. The first-order chi connectivity index (χ1) is 7.06. The Labute approximate surface area is 88.2 Å². The van der Waals surface area contributed by atoms with Gasteiger partial charge in [0, 0.05) is 17.7 Å². The molecule has 15 heavy (non-hydrogen) atoms. The summed E-state index contributed by atoms with van der Waals surface area (Å²) in [6.07, 6.45) is 0.546. The Bertz CT molecular complexity index is 366. The van der Waals surface area contributed by atoms with Crippen molar-refractivity contribution < 1.29 is 4.92 Å². The smallest absolute Gasteiger partial charge is 0.274 e. The highest BCUT2D eigenvalue weighted by atomic mass is 16.6. The van der Waals surface area contributed by atoms with Gasteiger partial charge >= 0.3 is 0 Å². The molecule has 0 aromatic heterocycles. The van der Waals surface area contributed by atoms with Crippen LogP contribution in [0.1, 0.15) is 23.6 Å². The van der Waals surface area contributed by atoms with Gasteiger partial charge in [-0.25, -0.2) is 0 Å². The van der Waals surface area contributed by atoms with Crippen molar-refractivity contribution in [3.05, 3.63) is 39.4 Å². The van der Waals surface area contributed by atoms with Crippen molar-refractivity contribution in [3.8, 4) is 0 Å². The van der Waals surface area contributed by atoms with Gasteiger partial charge in [0.1, 0.15) is 0 Å². The lowest BCUT2D eigenvalue weighted by Gasteiger charge is -2.11. The standard InChI is InChI=1S/C10H15N3O2/c1-7-2-3-8(9(12)4-5-11)10(6-7)13(14)15/h2-3,6,9H,4-5,11-12H2,1H3. The summed E-state index contributed by atoms with van der Waals surface area (Å²) in [5.74, 6) is 0. The monoisotopic (exact) mass is 209 g/mol.